The van der Waals surface area contributed by atoms with E-state index < -0.39 is 0 Å². The van der Waals surface area contributed by atoms with Crippen LogP contribution in [0.15, 0.2) is 48.5 Å². The molecule has 2 aromatic rings. The van der Waals surface area contributed by atoms with E-state index in [4.69, 9.17) is 4.74 Å². The van der Waals surface area contributed by atoms with Crippen LogP contribution in [0.3, 0.4) is 0 Å². The molecule has 2 heterocycles. The van der Waals surface area contributed by atoms with Gasteiger partial charge in [0.15, 0.2) is 0 Å². The van der Waals surface area contributed by atoms with Gasteiger partial charge in [-0.1, -0.05) is 36.4 Å². The molecule has 2 fully saturated rings. The third-order valence-electron chi connectivity index (χ3n) is 5.53. The van der Waals surface area contributed by atoms with Crippen molar-refractivity contribution in [3.8, 4) is 11.1 Å². The Morgan fingerprint density at radius 1 is 1.12 bits per heavy atom. The summed E-state index contributed by atoms with van der Waals surface area (Å²) < 4.78 is 5.74. The van der Waals surface area contributed by atoms with Crippen molar-refractivity contribution in [3.05, 3.63) is 59.7 Å². The van der Waals surface area contributed by atoms with Crippen LogP contribution in [0.1, 0.15) is 29.3 Å². The normalized spacial score (nSPS) is 25.7. The molecule has 1 N–H and O–H groups in total. The van der Waals surface area contributed by atoms with Crippen molar-refractivity contribution < 1.29 is 9.53 Å². The van der Waals surface area contributed by atoms with Gasteiger partial charge in [0.1, 0.15) is 0 Å². The van der Waals surface area contributed by atoms with Crippen LogP contribution >= 0.6 is 0 Å². The van der Waals surface area contributed by atoms with Crippen LogP contribution in [0.2, 0.25) is 0 Å². The molecular weight excluding hydrogens is 324 g/mol. The van der Waals surface area contributed by atoms with Crippen LogP contribution in [0, 0.1) is 6.92 Å². The van der Waals surface area contributed by atoms with Gasteiger partial charge in [-0.25, -0.2) is 0 Å². The summed E-state index contributed by atoms with van der Waals surface area (Å²) in [5.74, 6) is 0.0140. The molecule has 2 aromatic carbocycles. The summed E-state index contributed by atoms with van der Waals surface area (Å²) in [6, 6.07) is 16.9. The molecule has 26 heavy (non-hydrogen) atoms. The predicted molar refractivity (Wildman–Crippen MR) is 103 cm³/mol. The van der Waals surface area contributed by atoms with Crippen molar-refractivity contribution in [3.63, 3.8) is 0 Å². The minimum absolute atomic E-state index is 0.0140. The number of ether oxygens (including phenoxy) is 1. The zero-order chi connectivity index (χ0) is 18.1. The summed E-state index contributed by atoms with van der Waals surface area (Å²) in [4.78, 5) is 15.1. The number of rotatable bonds is 3. The monoisotopic (exact) mass is 350 g/mol. The molecule has 2 aliphatic heterocycles. The third-order valence-corrected chi connectivity index (χ3v) is 5.53. The Labute approximate surface area is 155 Å². The first kappa shape index (κ1) is 17.3. The molecule has 0 unspecified atom stereocenters. The van der Waals surface area contributed by atoms with E-state index in [1.165, 1.54) is 11.1 Å². The van der Waals surface area contributed by atoms with Gasteiger partial charge in [-0.15, -0.1) is 0 Å². The molecule has 4 heteroatoms. The average molecular weight is 350 g/mol. The highest BCUT2D eigenvalue weighted by Gasteiger charge is 2.36. The second-order valence-corrected chi connectivity index (χ2v) is 7.55. The molecule has 3 atom stereocenters. The number of morpholine rings is 1. The lowest BCUT2D eigenvalue weighted by Crippen LogP contribution is -2.45. The molecule has 0 bridgehead atoms. The fraction of sp³-hybridized carbons (Fsp3) is 0.409. The second-order valence-electron chi connectivity index (χ2n) is 7.55. The molecule has 4 rings (SSSR count). The summed E-state index contributed by atoms with van der Waals surface area (Å²) in [6.07, 6.45) is 1.26. The lowest BCUT2D eigenvalue weighted by atomic mass is 9.99. The van der Waals surface area contributed by atoms with E-state index in [0.29, 0.717) is 6.04 Å². The SMILES string of the molecule is Cc1ccccc1-c1ccc(C(=O)N[C@H]2C[C@H]3CO[C@@H](C)CN3C2)cc1. The Kier molecular flexibility index (Phi) is 4.79. The van der Waals surface area contributed by atoms with E-state index in [1.54, 1.807) is 0 Å². The number of fused-ring (bicyclic) bond motifs is 1. The fourth-order valence-corrected chi connectivity index (χ4v) is 4.11. The van der Waals surface area contributed by atoms with Crippen LogP contribution < -0.4 is 5.32 Å². The number of carbonyl (C=O) groups is 1. The van der Waals surface area contributed by atoms with Gasteiger partial charge in [-0.05, 0) is 49.1 Å². The van der Waals surface area contributed by atoms with Crippen LogP contribution in [0.5, 0.6) is 0 Å². The molecule has 136 valence electrons. The van der Waals surface area contributed by atoms with E-state index in [1.807, 2.05) is 36.4 Å². The Hall–Kier alpha value is -2.17. The Morgan fingerprint density at radius 2 is 1.88 bits per heavy atom. The van der Waals surface area contributed by atoms with Crippen LogP contribution in [-0.2, 0) is 4.74 Å². The van der Waals surface area contributed by atoms with Gasteiger partial charge in [-0.2, -0.15) is 0 Å². The third kappa shape index (κ3) is 3.53. The highest BCUT2D eigenvalue weighted by molar-refractivity contribution is 5.95. The van der Waals surface area contributed by atoms with Gasteiger partial charge >= 0.3 is 0 Å². The number of nitrogens with zero attached hydrogens (tertiary/aromatic N) is 1. The number of aryl methyl sites for hydroxylation is 1. The maximum absolute atomic E-state index is 12.6. The first-order chi connectivity index (χ1) is 12.6. The van der Waals surface area contributed by atoms with Gasteiger partial charge in [0.25, 0.3) is 5.91 Å². The van der Waals surface area contributed by atoms with E-state index in [0.717, 1.165) is 37.2 Å². The first-order valence-corrected chi connectivity index (χ1v) is 9.43. The minimum Gasteiger partial charge on any atom is -0.376 e. The van der Waals surface area contributed by atoms with Crippen molar-refractivity contribution in [2.75, 3.05) is 19.7 Å². The minimum atomic E-state index is 0.0140. The maximum atomic E-state index is 12.6. The lowest BCUT2D eigenvalue weighted by Gasteiger charge is -2.33. The zero-order valence-corrected chi connectivity index (χ0v) is 15.4. The summed E-state index contributed by atoms with van der Waals surface area (Å²) in [6.45, 7) is 6.87. The smallest absolute Gasteiger partial charge is 0.251 e. The van der Waals surface area contributed by atoms with E-state index in [2.05, 4.69) is 36.2 Å². The summed E-state index contributed by atoms with van der Waals surface area (Å²) >= 11 is 0. The molecule has 0 aromatic heterocycles. The number of benzene rings is 2. The van der Waals surface area contributed by atoms with Crippen LogP contribution in [0.4, 0.5) is 0 Å². The molecule has 0 radical (unpaired) electrons. The predicted octanol–water partition coefficient (Wildman–Crippen LogP) is 3.25. The standard InChI is InChI=1S/C22H26N2O2/c1-15-5-3-4-6-21(15)17-7-9-18(10-8-17)22(25)23-19-11-20-14-26-16(2)12-24(20)13-19/h3-10,16,19-20H,11-14H2,1-2H3,(H,23,25)/t16-,19-,20-/m0/s1. The Morgan fingerprint density at radius 3 is 2.65 bits per heavy atom. The lowest BCUT2D eigenvalue weighted by molar-refractivity contribution is -0.0390. The van der Waals surface area contributed by atoms with Crippen molar-refractivity contribution in [2.24, 2.45) is 0 Å². The highest BCUT2D eigenvalue weighted by Crippen LogP contribution is 2.25. The van der Waals surface area contributed by atoms with E-state index in [-0.39, 0.29) is 18.1 Å². The molecule has 0 aliphatic carbocycles. The number of hydrogen-bond acceptors (Lipinski definition) is 3. The summed E-state index contributed by atoms with van der Waals surface area (Å²) in [5.41, 5.74) is 4.31. The van der Waals surface area contributed by atoms with Gasteiger partial charge in [-0.3, -0.25) is 9.69 Å². The number of carbonyl (C=O) groups excluding carboxylic acids is 1. The van der Waals surface area contributed by atoms with Gasteiger partial charge < -0.3 is 10.1 Å². The molecule has 0 saturated carbocycles. The molecule has 4 nitrogen and oxygen atoms in total. The maximum Gasteiger partial charge on any atom is 0.251 e. The number of amides is 1. The van der Waals surface area contributed by atoms with Gasteiger partial charge in [0.2, 0.25) is 0 Å². The Bertz CT molecular complexity index is 787. The van der Waals surface area contributed by atoms with E-state index >= 15 is 0 Å². The summed E-state index contributed by atoms with van der Waals surface area (Å²) in [7, 11) is 0. The summed E-state index contributed by atoms with van der Waals surface area (Å²) in [5, 5.41) is 3.20. The van der Waals surface area contributed by atoms with Crippen molar-refractivity contribution >= 4 is 5.91 Å². The van der Waals surface area contributed by atoms with E-state index in [9.17, 15) is 4.79 Å². The Balaban J connectivity index is 1.40. The van der Waals surface area contributed by atoms with Gasteiger partial charge in [0, 0.05) is 30.7 Å². The van der Waals surface area contributed by atoms with Crippen molar-refractivity contribution in [2.45, 2.75) is 38.5 Å². The largest absolute Gasteiger partial charge is 0.376 e. The fourth-order valence-electron chi connectivity index (χ4n) is 4.11. The van der Waals surface area contributed by atoms with Crippen molar-refractivity contribution in [1.82, 2.24) is 10.2 Å². The zero-order valence-electron chi connectivity index (χ0n) is 15.4. The molecular formula is C22H26N2O2. The average Bonchev–Trinajstić information content (AvgIpc) is 3.03. The van der Waals surface area contributed by atoms with Crippen LogP contribution in [-0.4, -0.2) is 48.7 Å². The molecule has 2 aliphatic rings. The van der Waals surface area contributed by atoms with Crippen LogP contribution in [0.25, 0.3) is 11.1 Å². The topological polar surface area (TPSA) is 41.6 Å². The second kappa shape index (κ2) is 7.22. The van der Waals surface area contributed by atoms with Crippen molar-refractivity contribution in [1.29, 1.82) is 0 Å². The van der Waals surface area contributed by atoms with Gasteiger partial charge in [0.05, 0.1) is 12.7 Å². The molecule has 2 saturated heterocycles. The first-order valence-electron chi connectivity index (χ1n) is 9.43. The highest BCUT2D eigenvalue weighted by atomic mass is 16.5. The number of nitrogens with one attached hydrogen (secondary N) is 1. The number of hydrogen-bond donors (Lipinski definition) is 1. The quantitative estimate of drug-likeness (QED) is 0.924. The molecule has 0 spiro atoms. The molecule has 1 amide bonds.